The van der Waals surface area contributed by atoms with Crippen LogP contribution in [0, 0.1) is 0 Å². The maximum absolute atomic E-state index is 5.32. The zero-order valence-corrected chi connectivity index (χ0v) is 8.53. The highest BCUT2D eigenvalue weighted by molar-refractivity contribution is 4.84. The van der Waals surface area contributed by atoms with Crippen molar-refractivity contribution in [1.82, 2.24) is 10.1 Å². The van der Waals surface area contributed by atoms with Gasteiger partial charge in [-0.2, -0.15) is 4.98 Å². The summed E-state index contributed by atoms with van der Waals surface area (Å²) in [7, 11) is 0. The van der Waals surface area contributed by atoms with E-state index in [9.17, 15) is 0 Å². The molecule has 0 spiro atoms. The molecule has 0 aromatic carbocycles. The Balaban J connectivity index is 2.22. The van der Waals surface area contributed by atoms with E-state index in [1.807, 2.05) is 0 Å². The van der Waals surface area contributed by atoms with Gasteiger partial charge < -0.3 is 15.0 Å². The number of hydrogen-bond donors (Lipinski definition) is 1. The lowest BCUT2D eigenvalue weighted by Crippen LogP contribution is -2.04. The van der Waals surface area contributed by atoms with Crippen LogP contribution in [0.3, 0.4) is 0 Å². The monoisotopic (exact) mass is 199 g/mol. The Morgan fingerprint density at radius 2 is 2.36 bits per heavy atom. The molecule has 0 aliphatic heterocycles. The topological polar surface area (TPSA) is 74.2 Å². The maximum atomic E-state index is 5.32. The average Bonchev–Trinajstić information content (AvgIpc) is 2.61. The van der Waals surface area contributed by atoms with Crippen molar-refractivity contribution in [1.29, 1.82) is 0 Å². The summed E-state index contributed by atoms with van der Waals surface area (Å²) in [4.78, 5) is 4.16. The first-order valence-electron chi connectivity index (χ1n) is 4.96. The van der Waals surface area contributed by atoms with Crippen LogP contribution in [-0.2, 0) is 17.8 Å². The quantitative estimate of drug-likeness (QED) is 0.660. The fourth-order valence-corrected chi connectivity index (χ4v) is 1.02. The van der Waals surface area contributed by atoms with E-state index in [0.717, 1.165) is 25.1 Å². The maximum Gasteiger partial charge on any atom is 0.252 e. The number of hydrogen-bond acceptors (Lipinski definition) is 5. The minimum absolute atomic E-state index is 0.386. The standard InChI is InChI=1S/C9H17N3O2/c1-2-4-8-11-9(14-12-8)7-13-6-3-5-10/h2-7,10H2,1H3. The van der Waals surface area contributed by atoms with Crippen molar-refractivity contribution in [3.05, 3.63) is 11.7 Å². The molecule has 0 atom stereocenters. The molecule has 0 saturated heterocycles. The summed E-state index contributed by atoms with van der Waals surface area (Å²) in [5.74, 6) is 1.30. The van der Waals surface area contributed by atoms with Gasteiger partial charge in [0.05, 0.1) is 0 Å². The number of nitrogens with two attached hydrogens (primary N) is 1. The van der Waals surface area contributed by atoms with Crippen LogP contribution < -0.4 is 5.73 Å². The molecule has 0 bridgehead atoms. The Bertz CT molecular complexity index is 250. The van der Waals surface area contributed by atoms with E-state index in [0.29, 0.717) is 25.6 Å². The van der Waals surface area contributed by atoms with Gasteiger partial charge in [0, 0.05) is 13.0 Å². The van der Waals surface area contributed by atoms with Crippen LogP contribution in [0.15, 0.2) is 4.52 Å². The van der Waals surface area contributed by atoms with E-state index in [-0.39, 0.29) is 0 Å². The minimum atomic E-state index is 0.386. The lowest BCUT2D eigenvalue weighted by molar-refractivity contribution is 0.0969. The van der Waals surface area contributed by atoms with Gasteiger partial charge in [0.15, 0.2) is 5.82 Å². The molecule has 0 radical (unpaired) electrons. The molecule has 1 rings (SSSR count). The van der Waals surface area contributed by atoms with E-state index in [1.165, 1.54) is 0 Å². The first-order chi connectivity index (χ1) is 6.86. The molecular formula is C9H17N3O2. The highest BCUT2D eigenvalue weighted by Gasteiger charge is 2.04. The number of aryl methyl sites for hydroxylation is 1. The number of aromatic nitrogens is 2. The molecule has 1 heterocycles. The van der Waals surface area contributed by atoms with Gasteiger partial charge in [0.1, 0.15) is 6.61 Å². The van der Waals surface area contributed by atoms with Crippen molar-refractivity contribution < 1.29 is 9.26 Å². The molecule has 0 aliphatic carbocycles. The molecule has 5 nitrogen and oxygen atoms in total. The van der Waals surface area contributed by atoms with Crippen LogP contribution in [0.5, 0.6) is 0 Å². The lowest BCUT2D eigenvalue weighted by Gasteiger charge is -1.97. The van der Waals surface area contributed by atoms with Crippen molar-refractivity contribution in [2.24, 2.45) is 5.73 Å². The van der Waals surface area contributed by atoms with Gasteiger partial charge in [0.25, 0.3) is 5.89 Å². The Labute approximate surface area is 83.6 Å². The third-order valence-electron chi connectivity index (χ3n) is 1.70. The van der Waals surface area contributed by atoms with E-state index < -0.39 is 0 Å². The largest absolute Gasteiger partial charge is 0.372 e. The summed E-state index contributed by atoms with van der Waals surface area (Å²) in [6.45, 7) is 3.75. The summed E-state index contributed by atoms with van der Waals surface area (Å²) < 4.78 is 10.3. The summed E-state index contributed by atoms with van der Waals surface area (Å²) in [6, 6.07) is 0. The SMILES string of the molecule is CCCc1noc(COCCCN)n1. The van der Waals surface area contributed by atoms with E-state index in [1.54, 1.807) is 0 Å². The molecule has 14 heavy (non-hydrogen) atoms. The Morgan fingerprint density at radius 3 is 3.07 bits per heavy atom. The Hall–Kier alpha value is -0.940. The van der Waals surface area contributed by atoms with Crippen LogP contribution in [0.1, 0.15) is 31.5 Å². The summed E-state index contributed by atoms with van der Waals surface area (Å²) in [5.41, 5.74) is 5.32. The molecule has 0 unspecified atom stereocenters. The molecule has 1 aromatic rings. The fraction of sp³-hybridized carbons (Fsp3) is 0.778. The highest BCUT2D eigenvalue weighted by Crippen LogP contribution is 2.01. The molecule has 0 saturated carbocycles. The third-order valence-corrected chi connectivity index (χ3v) is 1.70. The number of nitrogens with zero attached hydrogens (tertiary/aromatic N) is 2. The van der Waals surface area contributed by atoms with Gasteiger partial charge >= 0.3 is 0 Å². The van der Waals surface area contributed by atoms with Crippen molar-refractivity contribution in [2.45, 2.75) is 32.8 Å². The first-order valence-corrected chi connectivity index (χ1v) is 4.96. The first kappa shape index (κ1) is 11.1. The second kappa shape index (κ2) is 6.50. The summed E-state index contributed by atoms with van der Waals surface area (Å²) >= 11 is 0. The molecule has 0 amide bonds. The predicted octanol–water partition coefficient (Wildman–Crippen LogP) is 0.887. The molecule has 0 fully saturated rings. The minimum Gasteiger partial charge on any atom is -0.372 e. The molecule has 5 heteroatoms. The van der Waals surface area contributed by atoms with Crippen molar-refractivity contribution in [3.63, 3.8) is 0 Å². The lowest BCUT2D eigenvalue weighted by atomic mass is 10.3. The van der Waals surface area contributed by atoms with Gasteiger partial charge in [-0.1, -0.05) is 12.1 Å². The van der Waals surface area contributed by atoms with Crippen LogP contribution >= 0.6 is 0 Å². The van der Waals surface area contributed by atoms with E-state index in [2.05, 4.69) is 17.1 Å². The van der Waals surface area contributed by atoms with Crippen molar-refractivity contribution in [3.8, 4) is 0 Å². The summed E-state index contributed by atoms with van der Waals surface area (Å²) in [5, 5.41) is 3.81. The number of ether oxygens (including phenoxy) is 1. The Kier molecular flexibility index (Phi) is 5.17. The van der Waals surface area contributed by atoms with Crippen LogP contribution in [0.25, 0.3) is 0 Å². The van der Waals surface area contributed by atoms with Crippen molar-refractivity contribution in [2.75, 3.05) is 13.2 Å². The second-order valence-corrected chi connectivity index (χ2v) is 3.05. The zero-order valence-electron chi connectivity index (χ0n) is 8.53. The third kappa shape index (κ3) is 3.85. The van der Waals surface area contributed by atoms with Gasteiger partial charge in [-0.15, -0.1) is 0 Å². The van der Waals surface area contributed by atoms with Gasteiger partial charge in [-0.05, 0) is 19.4 Å². The molecule has 2 N–H and O–H groups in total. The highest BCUT2D eigenvalue weighted by atomic mass is 16.5. The van der Waals surface area contributed by atoms with E-state index in [4.69, 9.17) is 15.0 Å². The smallest absolute Gasteiger partial charge is 0.252 e. The molecular weight excluding hydrogens is 182 g/mol. The normalized spacial score (nSPS) is 10.7. The molecule has 0 aliphatic rings. The fourth-order valence-electron chi connectivity index (χ4n) is 1.02. The summed E-state index contributed by atoms with van der Waals surface area (Å²) in [6.07, 6.45) is 2.73. The van der Waals surface area contributed by atoms with Crippen LogP contribution in [0.4, 0.5) is 0 Å². The average molecular weight is 199 g/mol. The van der Waals surface area contributed by atoms with Gasteiger partial charge in [-0.3, -0.25) is 0 Å². The van der Waals surface area contributed by atoms with Gasteiger partial charge in [-0.25, -0.2) is 0 Å². The molecule has 1 aromatic heterocycles. The predicted molar refractivity (Wildman–Crippen MR) is 51.6 cm³/mol. The Morgan fingerprint density at radius 1 is 1.50 bits per heavy atom. The van der Waals surface area contributed by atoms with Crippen molar-refractivity contribution >= 4 is 0 Å². The number of rotatable bonds is 7. The molecule has 80 valence electrons. The van der Waals surface area contributed by atoms with E-state index >= 15 is 0 Å². The van der Waals surface area contributed by atoms with Gasteiger partial charge in [0.2, 0.25) is 0 Å². The van der Waals surface area contributed by atoms with Crippen LogP contribution in [0.2, 0.25) is 0 Å². The second-order valence-electron chi connectivity index (χ2n) is 3.05. The van der Waals surface area contributed by atoms with Crippen LogP contribution in [-0.4, -0.2) is 23.3 Å². The zero-order chi connectivity index (χ0) is 10.2.